The summed E-state index contributed by atoms with van der Waals surface area (Å²) < 4.78 is 29.3. The Hall–Kier alpha value is 0.0469. The number of hydrogen-bond acceptors (Lipinski definition) is 5. The van der Waals surface area contributed by atoms with Crippen LogP contribution in [0, 0.1) is 0 Å². The summed E-state index contributed by atoms with van der Waals surface area (Å²) in [6, 6.07) is -0.130. The Morgan fingerprint density at radius 3 is 2.10 bits per heavy atom. The maximum Gasteiger partial charge on any atom is 0.192 e. The third kappa shape index (κ3) is 5.32. The molecule has 0 spiro atoms. The fraction of sp³-hybridized carbons (Fsp3) is 1.00. The zero-order valence-corrected chi connectivity index (χ0v) is 16.0. The predicted octanol–water partition coefficient (Wildman–Crippen LogP) is 1.49. The molecule has 21 heavy (non-hydrogen) atoms. The predicted molar refractivity (Wildman–Crippen MR) is 88.8 cm³/mol. The van der Waals surface area contributed by atoms with Crippen molar-refractivity contribution in [2.24, 2.45) is 0 Å². The number of rotatable bonds is 5. The molecule has 0 amide bonds. The molecule has 0 bridgehead atoms. The van der Waals surface area contributed by atoms with E-state index in [1.54, 1.807) is 6.92 Å². The van der Waals surface area contributed by atoms with Gasteiger partial charge in [0.05, 0.1) is 30.3 Å². The first kappa shape index (κ1) is 19.1. The Morgan fingerprint density at radius 2 is 1.71 bits per heavy atom. The molecule has 1 N–H and O–H groups in total. The number of nitrogens with zero attached hydrogens (tertiary/aromatic N) is 1. The number of aliphatic hydroxyl groups excluding tert-OH is 1. The fourth-order valence-electron chi connectivity index (χ4n) is 2.12. The Bertz CT molecular complexity index is 428. The first-order chi connectivity index (χ1) is 9.36. The van der Waals surface area contributed by atoms with Gasteiger partial charge in [-0.3, -0.25) is 4.90 Å². The highest BCUT2D eigenvalue weighted by Crippen LogP contribution is 2.36. The topological polar surface area (TPSA) is 66.8 Å². The second kappa shape index (κ2) is 6.66. The van der Waals surface area contributed by atoms with Crippen LogP contribution in [0.1, 0.15) is 27.7 Å². The van der Waals surface area contributed by atoms with Gasteiger partial charge in [0.2, 0.25) is 0 Å². The number of aliphatic hydroxyl groups is 1. The van der Waals surface area contributed by atoms with Gasteiger partial charge < -0.3 is 9.53 Å². The molecule has 0 radical (unpaired) electrons. The number of sulfone groups is 1. The number of hydrogen-bond donors (Lipinski definition) is 1. The molecule has 0 aromatic carbocycles. The Kier molecular flexibility index (Phi) is 6.06. The molecule has 5 nitrogen and oxygen atoms in total. The highest BCUT2D eigenvalue weighted by atomic mass is 32.2. The quantitative estimate of drug-likeness (QED) is 0.770. The Morgan fingerprint density at radius 1 is 1.24 bits per heavy atom. The van der Waals surface area contributed by atoms with Gasteiger partial charge in [0.1, 0.15) is 0 Å². The summed E-state index contributed by atoms with van der Waals surface area (Å²) >= 11 is 0. The normalized spacial score (nSPS) is 23.8. The monoisotopic (exact) mass is 337 g/mol. The lowest BCUT2D eigenvalue weighted by Gasteiger charge is -2.41. The summed E-state index contributed by atoms with van der Waals surface area (Å²) in [5.41, 5.74) is 0. The van der Waals surface area contributed by atoms with Gasteiger partial charge in [-0.1, -0.05) is 20.8 Å². The summed E-state index contributed by atoms with van der Waals surface area (Å²) in [6.45, 7) is 14.1. The largest absolute Gasteiger partial charge is 0.415 e. The van der Waals surface area contributed by atoms with Crippen molar-refractivity contribution in [2.75, 3.05) is 31.2 Å². The average molecular weight is 338 g/mol. The summed E-state index contributed by atoms with van der Waals surface area (Å²) in [4.78, 5) is 2.05. The van der Waals surface area contributed by atoms with Crippen molar-refractivity contribution in [1.29, 1.82) is 0 Å². The van der Waals surface area contributed by atoms with E-state index in [0.717, 1.165) is 0 Å². The third-order valence-corrected chi connectivity index (χ3v) is 10.9. The minimum atomic E-state index is -2.90. The van der Waals surface area contributed by atoms with Gasteiger partial charge in [0, 0.05) is 13.1 Å². The lowest BCUT2D eigenvalue weighted by atomic mass is 10.1. The van der Waals surface area contributed by atoms with Crippen molar-refractivity contribution in [3.63, 3.8) is 0 Å². The van der Waals surface area contributed by atoms with Crippen molar-refractivity contribution < 1.29 is 18.0 Å². The van der Waals surface area contributed by atoms with E-state index in [2.05, 4.69) is 38.8 Å². The van der Waals surface area contributed by atoms with Crippen LogP contribution in [0.2, 0.25) is 18.1 Å². The zero-order valence-electron chi connectivity index (χ0n) is 14.2. The molecular weight excluding hydrogens is 306 g/mol. The third-order valence-electron chi connectivity index (χ3n) is 4.83. The standard InChI is InChI=1S/C14H31NO4SSi/c1-12(16)13(11-19-21(5,6)14(2,3)4)15-7-9-20(17,18)10-8-15/h12-13,16H,7-11H2,1-6H3/t12-,13-/m1/s1. The molecule has 0 aromatic heterocycles. The van der Waals surface area contributed by atoms with E-state index in [4.69, 9.17) is 4.43 Å². The van der Waals surface area contributed by atoms with E-state index in [-0.39, 0.29) is 22.6 Å². The minimum Gasteiger partial charge on any atom is -0.415 e. The molecule has 1 rings (SSSR count). The maximum absolute atomic E-state index is 11.5. The van der Waals surface area contributed by atoms with Gasteiger partial charge in [0.15, 0.2) is 18.2 Å². The second-order valence-electron chi connectivity index (χ2n) is 7.57. The van der Waals surface area contributed by atoms with Crippen molar-refractivity contribution in [2.45, 2.75) is 58.0 Å². The smallest absolute Gasteiger partial charge is 0.192 e. The summed E-state index contributed by atoms with van der Waals surface area (Å²) in [7, 11) is -4.76. The van der Waals surface area contributed by atoms with Crippen LogP contribution < -0.4 is 0 Å². The van der Waals surface area contributed by atoms with Gasteiger partial charge in [0.25, 0.3) is 0 Å². The first-order valence-corrected chi connectivity index (χ1v) is 12.4. The van der Waals surface area contributed by atoms with E-state index < -0.39 is 24.3 Å². The zero-order chi connectivity index (χ0) is 16.5. The van der Waals surface area contributed by atoms with Gasteiger partial charge in [-0.15, -0.1) is 0 Å². The first-order valence-electron chi connectivity index (χ1n) is 7.62. The molecule has 1 saturated heterocycles. The second-order valence-corrected chi connectivity index (χ2v) is 14.7. The molecule has 1 aliphatic rings. The van der Waals surface area contributed by atoms with Gasteiger partial charge in [-0.2, -0.15) is 0 Å². The molecule has 2 atom stereocenters. The van der Waals surface area contributed by atoms with E-state index in [1.807, 2.05) is 0 Å². The lowest BCUT2D eigenvalue weighted by molar-refractivity contribution is 0.0327. The molecular formula is C14H31NO4SSi. The molecule has 7 heteroatoms. The van der Waals surface area contributed by atoms with Crippen LogP contribution in [0.5, 0.6) is 0 Å². The molecule has 126 valence electrons. The molecule has 0 saturated carbocycles. The van der Waals surface area contributed by atoms with Gasteiger partial charge in [-0.25, -0.2) is 8.42 Å². The van der Waals surface area contributed by atoms with Crippen LogP contribution in [0.25, 0.3) is 0 Å². The molecule has 0 aromatic rings. The molecule has 1 fully saturated rings. The van der Waals surface area contributed by atoms with E-state index in [9.17, 15) is 13.5 Å². The van der Waals surface area contributed by atoms with E-state index in [0.29, 0.717) is 19.7 Å². The summed E-state index contributed by atoms with van der Waals surface area (Å²) in [5.74, 6) is 0.354. The van der Waals surface area contributed by atoms with E-state index >= 15 is 0 Å². The molecule has 0 aliphatic carbocycles. The van der Waals surface area contributed by atoms with Crippen molar-refractivity contribution in [3.8, 4) is 0 Å². The van der Waals surface area contributed by atoms with Crippen molar-refractivity contribution in [1.82, 2.24) is 4.90 Å². The Balaban J connectivity index is 2.68. The van der Waals surface area contributed by atoms with Crippen LogP contribution >= 0.6 is 0 Å². The average Bonchev–Trinajstić information content (AvgIpc) is 2.29. The van der Waals surface area contributed by atoms with Crippen LogP contribution in [0.4, 0.5) is 0 Å². The summed E-state index contributed by atoms with van der Waals surface area (Å²) in [5, 5.41) is 10.2. The lowest BCUT2D eigenvalue weighted by Crippen LogP contribution is -2.54. The SMILES string of the molecule is C[C@@H](O)[C@@H](CO[Si](C)(C)C(C)(C)C)N1CCS(=O)(=O)CC1. The highest BCUT2D eigenvalue weighted by molar-refractivity contribution is 7.91. The van der Waals surface area contributed by atoms with Crippen LogP contribution in [-0.4, -0.2) is 70.1 Å². The van der Waals surface area contributed by atoms with Crippen LogP contribution in [0.3, 0.4) is 0 Å². The fourth-order valence-corrected chi connectivity index (χ4v) is 4.37. The maximum atomic E-state index is 11.5. The summed E-state index contributed by atoms with van der Waals surface area (Å²) in [6.07, 6.45) is -0.532. The van der Waals surface area contributed by atoms with Crippen LogP contribution in [0.15, 0.2) is 0 Å². The van der Waals surface area contributed by atoms with Gasteiger partial charge in [-0.05, 0) is 25.1 Å². The Labute approximate surface area is 130 Å². The minimum absolute atomic E-state index is 0.126. The highest BCUT2D eigenvalue weighted by Gasteiger charge is 2.39. The van der Waals surface area contributed by atoms with Gasteiger partial charge >= 0.3 is 0 Å². The molecule has 1 aliphatic heterocycles. The van der Waals surface area contributed by atoms with Crippen LogP contribution in [-0.2, 0) is 14.3 Å². The van der Waals surface area contributed by atoms with Crippen molar-refractivity contribution in [3.05, 3.63) is 0 Å². The molecule has 1 heterocycles. The van der Waals surface area contributed by atoms with Crippen molar-refractivity contribution >= 4 is 18.2 Å². The van der Waals surface area contributed by atoms with E-state index in [1.165, 1.54) is 0 Å². The molecule has 0 unspecified atom stereocenters.